The SMILES string of the molecule is CCC(C)OC(=O)/C=C/C=C/c1cc(OC)ccc1C.CCC(C)OC(=O)/C=C/C=C/c1ccc(C)cc1.CCC(C)OC(=O)/C=C/C=C/c1ccccc1.CCC(C)c1ccc(OC(=O)/C=C/C=C/c2cc(C)ccc2C)cc1. The Hall–Kier alpha value is -8.30. The summed E-state index contributed by atoms with van der Waals surface area (Å²) in [6, 6.07) is 38.0. The number of rotatable bonds is 22. The van der Waals surface area contributed by atoms with E-state index in [1.165, 1.54) is 46.6 Å². The lowest BCUT2D eigenvalue weighted by Gasteiger charge is -2.09. The van der Waals surface area contributed by atoms with Gasteiger partial charge in [-0.15, -0.1) is 0 Å². The van der Waals surface area contributed by atoms with Crippen LogP contribution in [0.1, 0.15) is 137 Å². The number of allylic oxidation sites excluding steroid dienone is 8. The molecular weight excluding hydrogens is 997 g/mol. The van der Waals surface area contributed by atoms with E-state index in [1.807, 2.05) is 182 Å². The molecule has 0 bridgehead atoms. The quantitative estimate of drug-likeness (QED) is 0.0220. The van der Waals surface area contributed by atoms with Crippen LogP contribution in [0.25, 0.3) is 24.3 Å². The summed E-state index contributed by atoms with van der Waals surface area (Å²) in [6.07, 6.45) is 31.2. The predicted octanol–water partition coefficient (Wildman–Crippen LogP) is 17.4. The van der Waals surface area contributed by atoms with Crippen molar-refractivity contribution in [1.29, 1.82) is 0 Å². The molecule has 0 amide bonds. The number of carbonyl (C=O) groups excluding carboxylic acids is 4. The molecule has 424 valence electrons. The number of ether oxygens (including phenoxy) is 5. The van der Waals surface area contributed by atoms with Crippen LogP contribution < -0.4 is 9.47 Å². The van der Waals surface area contributed by atoms with Gasteiger partial charge in [0.15, 0.2) is 0 Å². The van der Waals surface area contributed by atoms with Gasteiger partial charge in [0.2, 0.25) is 0 Å². The Morgan fingerprint density at radius 2 is 0.812 bits per heavy atom. The van der Waals surface area contributed by atoms with E-state index >= 15 is 0 Å². The minimum Gasteiger partial charge on any atom is -0.497 e. The van der Waals surface area contributed by atoms with Crippen LogP contribution >= 0.6 is 0 Å². The lowest BCUT2D eigenvalue weighted by Crippen LogP contribution is -2.11. The normalized spacial score (nSPS) is 12.9. The van der Waals surface area contributed by atoms with Gasteiger partial charge >= 0.3 is 23.9 Å². The van der Waals surface area contributed by atoms with Crippen LogP contribution in [0.3, 0.4) is 0 Å². The van der Waals surface area contributed by atoms with Crippen molar-refractivity contribution in [3.8, 4) is 11.5 Å². The molecule has 4 unspecified atom stereocenters. The Balaban J connectivity index is 0.000000369. The number of aryl methyl sites for hydroxylation is 4. The summed E-state index contributed by atoms with van der Waals surface area (Å²) in [5.74, 6) is 0.624. The van der Waals surface area contributed by atoms with Gasteiger partial charge in [0, 0.05) is 24.3 Å². The monoisotopic (exact) mass is 1080 g/mol. The van der Waals surface area contributed by atoms with E-state index < -0.39 is 0 Å². The minimum absolute atomic E-state index is 0.0229. The smallest absolute Gasteiger partial charge is 0.336 e. The highest BCUT2D eigenvalue weighted by atomic mass is 16.6. The molecule has 0 aliphatic carbocycles. The fraction of sp³-hybridized carbons (Fsp3) is 0.296. The Labute approximate surface area is 478 Å². The van der Waals surface area contributed by atoms with Crippen molar-refractivity contribution in [3.05, 3.63) is 238 Å². The lowest BCUT2D eigenvalue weighted by molar-refractivity contribution is -0.143. The Morgan fingerprint density at radius 3 is 1.26 bits per heavy atom. The molecule has 0 aromatic heterocycles. The van der Waals surface area contributed by atoms with Gasteiger partial charge < -0.3 is 23.7 Å². The second-order valence-electron chi connectivity index (χ2n) is 19.0. The van der Waals surface area contributed by atoms with E-state index in [4.69, 9.17) is 23.7 Å². The van der Waals surface area contributed by atoms with Crippen molar-refractivity contribution in [2.24, 2.45) is 0 Å². The average molecular weight is 1080 g/mol. The maximum Gasteiger partial charge on any atom is 0.336 e. The first kappa shape index (κ1) is 67.8. The number of benzene rings is 5. The Bertz CT molecular complexity index is 2860. The third-order valence-electron chi connectivity index (χ3n) is 12.3. The summed E-state index contributed by atoms with van der Waals surface area (Å²) >= 11 is 0. The predicted molar refractivity (Wildman–Crippen MR) is 332 cm³/mol. The van der Waals surface area contributed by atoms with E-state index in [2.05, 4.69) is 65.0 Å². The topological polar surface area (TPSA) is 114 Å². The van der Waals surface area contributed by atoms with Gasteiger partial charge in [-0.25, -0.2) is 19.2 Å². The van der Waals surface area contributed by atoms with Crippen molar-refractivity contribution < 1.29 is 42.9 Å². The number of esters is 4. The van der Waals surface area contributed by atoms with Crippen LogP contribution in [-0.2, 0) is 33.4 Å². The van der Waals surface area contributed by atoms with Crippen LogP contribution in [0.5, 0.6) is 11.5 Å². The standard InChI is InChI=1S/C23H26O2.C17H22O3.C16H20O2.C15H18O2/c1-5-18(3)20-12-14-22(15-13-20)25-23(24)9-7-6-8-21-16-17(2)10-11-19(21)4;1-5-14(3)20-17(18)9-7-6-8-15-12-16(19-4)11-10-13(15)2;1-4-14(3)18-16(17)8-6-5-7-15-11-9-13(2)10-12-15;1-3-13(2)17-15(16)12-8-7-11-14-9-5-4-6-10-14/h6-16,18H,5H2,1-4H3;6-12,14H,5H2,1-4H3;5-12,14H,4H2,1-3H3;4-13H,3H2,1-2H3/b2*8-6+,9-7+;7-5+,8-6+;11-7+,12-8+. The zero-order valence-corrected chi connectivity index (χ0v) is 49.5. The average Bonchev–Trinajstić information content (AvgIpc) is 3.46. The van der Waals surface area contributed by atoms with Crippen molar-refractivity contribution in [3.63, 3.8) is 0 Å². The molecule has 0 saturated carbocycles. The first-order chi connectivity index (χ1) is 38.4. The van der Waals surface area contributed by atoms with E-state index in [-0.39, 0.29) is 42.2 Å². The zero-order valence-electron chi connectivity index (χ0n) is 49.5. The molecule has 0 N–H and O–H groups in total. The summed E-state index contributed by atoms with van der Waals surface area (Å²) in [7, 11) is 1.64. The number of hydrogen-bond donors (Lipinski definition) is 0. The fourth-order valence-corrected chi connectivity index (χ4v) is 6.51. The molecule has 4 atom stereocenters. The molecule has 5 rings (SSSR count). The molecule has 0 aliphatic rings. The zero-order chi connectivity index (χ0) is 59.1. The highest BCUT2D eigenvalue weighted by molar-refractivity contribution is 5.85. The number of methoxy groups -OCH3 is 1. The summed E-state index contributed by atoms with van der Waals surface area (Å²) in [6.45, 7) is 24.2. The second-order valence-corrected chi connectivity index (χ2v) is 19.0. The maximum absolute atomic E-state index is 11.9. The van der Waals surface area contributed by atoms with Crippen LogP contribution in [0.2, 0.25) is 0 Å². The second kappa shape index (κ2) is 40.0. The first-order valence-corrected chi connectivity index (χ1v) is 27.6. The third-order valence-corrected chi connectivity index (χ3v) is 12.3. The molecular formula is C71H86O9. The molecule has 5 aromatic carbocycles. The van der Waals surface area contributed by atoms with Crippen molar-refractivity contribution in [2.45, 2.75) is 133 Å². The van der Waals surface area contributed by atoms with E-state index in [0.29, 0.717) is 11.7 Å². The fourth-order valence-electron chi connectivity index (χ4n) is 6.51. The van der Waals surface area contributed by atoms with Crippen LogP contribution in [-0.4, -0.2) is 49.3 Å². The molecule has 0 aliphatic heterocycles. The molecule has 80 heavy (non-hydrogen) atoms. The molecule has 0 saturated heterocycles. The van der Waals surface area contributed by atoms with Gasteiger partial charge in [0.05, 0.1) is 25.4 Å². The van der Waals surface area contributed by atoms with E-state index in [9.17, 15) is 19.2 Å². The number of carbonyl (C=O) groups is 4. The summed E-state index contributed by atoms with van der Waals surface area (Å²) in [4.78, 5) is 45.9. The van der Waals surface area contributed by atoms with Gasteiger partial charge in [-0.1, -0.05) is 210 Å². The van der Waals surface area contributed by atoms with Gasteiger partial charge in [-0.05, 0) is 143 Å². The lowest BCUT2D eigenvalue weighted by atomic mass is 9.99. The number of hydrogen-bond acceptors (Lipinski definition) is 9. The minimum atomic E-state index is -0.373. The van der Waals surface area contributed by atoms with Gasteiger partial charge in [-0.2, -0.15) is 0 Å². The highest BCUT2D eigenvalue weighted by Crippen LogP contribution is 2.22. The van der Waals surface area contributed by atoms with E-state index in [0.717, 1.165) is 59.3 Å². The van der Waals surface area contributed by atoms with Crippen molar-refractivity contribution in [1.82, 2.24) is 0 Å². The Morgan fingerprint density at radius 1 is 0.412 bits per heavy atom. The largest absolute Gasteiger partial charge is 0.497 e. The van der Waals surface area contributed by atoms with Crippen LogP contribution in [0.15, 0.2) is 188 Å². The molecule has 0 radical (unpaired) electrons. The summed E-state index contributed by atoms with van der Waals surface area (Å²) in [5.41, 5.74) is 10.5. The van der Waals surface area contributed by atoms with Crippen LogP contribution in [0, 0.1) is 27.7 Å². The van der Waals surface area contributed by atoms with Crippen LogP contribution in [0.4, 0.5) is 0 Å². The summed E-state index contributed by atoms with van der Waals surface area (Å²) < 4.78 is 25.8. The Kier molecular flexibility index (Phi) is 33.9. The maximum atomic E-state index is 11.9. The van der Waals surface area contributed by atoms with Gasteiger partial charge in [0.1, 0.15) is 11.5 Å². The highest BCUT2D eigenvalue weighted by Gasteiger charge is 2.07. The van der Waals surface area contributed by atoms with Crippen molar-refractivity contribution >= 4 is 48.2 Å². The summed E-state index contributed by atoms with van der Waals surface area (Å²) in [5, 5.41) is 0. The first-order valence-electron chi connectivity index (χ1n) is 27.6. The molecule has 5 aromatic rings. The molecule has 0 fully saturated rings. The van der Waals surface area contributed by atoms with Gasteiger partial charge in [-0.3, -0.25) is 0 Å². The molecule has 0 spiro atoms. The van der Waals surface area contributed by atoms with Gasteiger partial charge in [0.25, 0.3) is 0 Å². The van der Waals surface area contributed by atoms with Crippen molar-refractivity contribution in [2.75, 3.05) is 7.11 Å². The molecule has 9 heteroatoms. The van der Waals surface area contributed by atoms with E-state index in [1.54, 1.807) is 31.4 Å². The molecule has 9 nitrogen and oxygen atoms in total. The molecule has 0 heterocycles. The third kappa shape index (κ3) is 30.6.